The van der Waals surface area contributed by atoms with Crippen molar-refractivity contribution in [3.05, 3.63) is 60.2 Å². The van der Waals surface area contributed by atoms with Crippen LogP contribution in [0.5, 0.6) is 0 Å². The molecule has 2 amide bonds. The summed E-state index contributed by atoms with van der Waals surface area (Å²) in [5, 5.41) is 0. The van der Waals surface area contributed by atoms with E-state index in [-0.39, 0.29) is 30.8 Å². The molecule has 5 nitrogen and oxygen atoms in total. The molecule has 0 saturated carbocycles. The van der Waals surface area contributed by atoms with E-state index < -0.39 is 12.0 Å². The van der Waals surface area contributed by atoms with Crippen molar-refractivity contribution in [1.29, 1.82) is 0 Å². The van der Waals surface area contributed by atoms with Crippen LogP contribution in [-0.2, 0) is 20.7 Å². The number of benzene rings is 2. The van der Waals surface area contributed by atoms with E-state index in [1.54, 1.807) is 0 Å². The van der Waals surface area contributed by atoms with Gasteiger partial charge in [-0.15, -0.1) is 0 Å². The van der Waals surface area contributed by atoms with Crippen LogP contribution in [0.3, 0.4) is 0 Å². The minimum absolute atomic E-state index is 0.0696. The number of hydrogen-bond acceptors (Lipinski definition) is 4. The lowest BCUT2D eigenvalue weighted by Crippen LogP contribution is -2.43. The number of carbonyl (C=O) groups is 3. The second kappa shape index (κ2) is 8.83. The van der Waals surface area contributed by atoms with E-state index in [0.717, 1.165) is 16.7 Å². The topological polar surface area (TPSA) is 63.7 Å². The number of ketones is 1. The number of carbonyl (C=O) groups excluding carboxylic acids is 3. The second-order valence-electron chi connectivity index (χ2n) is 7.22. The van der Waals surface area contributed by atoms with Crippen molar-refractivity contribution >= 4 is 17.8 Å². The first-order valence-corrected chi connectivity index (χ1v) is 9.63. The molecule has 0 spiro atoms. The van der Waals surface area contributed by atoms with Crippen LogP contribution in [0.1, 0.15) is 32.3 Å². The molecular formula is C23H25NO4. The van der Waals surface area contributed by atoms with Crippen LogP contribution in [-0.4, -0.2) is 35.3 Å². The molecule has 3 rings (SSSR count). The van der Waals surface area contributed by atoms with Gasteiger partial charge in [-0.1, -0.05) is 61.5 Å². The predicted molar refractivity (Wildman–Crippen MR) is 107 cm³/mol. The molecule has 0 N–H and O–H groups in total. The SMILES string of the molecule is CC[C@@H]1COC(=O)N1C(=O)[C@H](CC(C)=O)Cc1ccc(-c2ccccc2)cc1. The molecule has 1 heterocycles. The van der Waals surface area contributed by atoms with Gasteiger partial charge in [0, 0.05) is 12.3 Å². The van der Waals surface area contributed by atoms with Gasteiger partial charge in [-0.2, -0.15) is 0 Å². The summed E-state index contributed by atoms with van der Waals surface area (Å²) in [6.45, 7) is 3.60. The van der Waals surface area contributed by atoms with Gasteiger partial charge < -0.3 is 9.53 Å². The molecule has 0 bridgehead atoms. The first kappa shape index (κ1) is 19.8. The van der Waals surface area contributed by atoms with Crippen LogP contribution in [0.2, 0.25) is 0 Å². The van der Waals surface area contributed by atoms with Gasteiger partial charge in [0.25, 0.3) is 0 Å². The number of ether oxygens (including phenoxy) is 1. The molecule has 2 aromatic rings. The Hall–Kier alpha value is -2.95. The van der Waals surface area contributed by atoms with Crippen LogP contribution in [0.4, 0.5) is 4.79 Å². The number of amides is 2. The lowest BCUT2D eigenvalue weighted by atomic mass is 9.92. The zero-order valence-electron chi connectivity index (χ0n) is 16.3. The van der Waals surface area contributed by atoms with E-state index in [4.69, 9.17) is 4.74 Å². The highest BCUT2D eigenvalue weighted by Gasteiger charge is 2.40. The zero-order valence-corrected chi connectivity index (χ0v) is 16.3. The van der Waals surface area contributed by atoms with E-state index in [1.807, 2.05) is 61.5 Å². The first-order valence-electron chi connectivity index (χ1n) is 9.63. The van der Waals surface area contributed by atoms with Crippen LogP contribution in [0, 0.1) is 5.92 Å². The van der Waals surface area contributed by atoms with Gasteiger partial charge in [0.2, 0.25) is 5.91 Å². The monoisotopic (exact) mass is 379 g/mol. The lowest BCUT2D eigenvalue weighted by Gasteiger charge is -2.24. The molecule has 5 heteroatoms. The molecule has 1 aliphatic rings. The van der Waals surface area contributed by atoms with Crippen LogP contribution in [0.25, 0.3) is 11.1 Å². The largest absolute Gasteiger partial charge is 0.447 e. The summed E-state index contributed by atoms with van der Waals surface area (Å²) >= 11 is 0. The van der Waals surface area contributed by atoms with E-state index in [1.165, 1.54) is 11.8 Å². The standard InChI is InChI=1S/C23H25NO4/c1-3-21-15-28-23(27)24(21)22(26)20(13-16(2)25)14-17-9-11-19(12-10-17)18-7-5-4-6-8-18/h4-12,20-21H,3,13-15H2,1-2H3/t20-,21-/m1/s1. The number of Topliss-reactive ketones (excluding diaryl/α,β-unsaturated/α-hetero) is 1. The summed E-state index contributed by atoms with van der Waals surface area (Å²) in [5.74, 6) is -0.962. The highest BCUT2D eigenvalue weighted by Crippen LogP contribution is 2.25. The summed E-state index contributed by atoms with van der Waals surface area (Å²) in [6, 6.07) is 17.8. The van der Waals surface area contributed by atoms with E-state index in [2.05, 4.69) is 0 Å². The Bertz CT molecular complexity index is 845. The average Bonchev–Trinajstić information content (AvgIpc) is 3.08. The minimum atomic E-state index is -0.607. The lowest BCUT2D eigenvalue weighted by molar-refractivity contribution is -0.136. The predicted octanol–water partition coefficient (Wildman–Crippen LogP) is 4.25. The highest BCUT2D eigenvalue weighted by molar-refractivity contribution is 5.96. The number of imide groups is 1. The quantitative estimate of drug-likeness (QED) is 0.721. The van der Waals surface area contributed by atoms with Crippen LogP contribution >= 0.6 is 0 Å². The normalized spacial score (nSPS) is 17.3. The van der Waals surface area contributed by atoms with Gasteiger partial charge >= 0.3 is 6.09 Å². The Morgan fingerprint density at radius 3 is 2.32 bits per heavy atom. The van der Waals surface area contributed by atoms with Crippen molar-refractivity contribution in [2.24, 2.45) is 5.92 Å². The average molecular weight is 379 g/mol. The maximum atomic E-state index is 13.0. The molecule has 1 aliphatic heterocycles. The van der Waals surface area contributed by atoms with Crippen molar-refractivity contribution in [2.45, 2.75) is 39.2 Å². The summed E-state index contributed by atoms with van der Waals surface area (Å²) in [7, 11) is 0. The number of hydrogen-bond donors (Lipinski definition) is 0. The Morgan fingerprint density at radius 2 is 1.71 bits per heavy atom. The molecule has 0 radical (unpaired) electrons. The molecule has 28 heavy (non-hydrogen) atoms. The molecule has 146 valence electrons. The summed E-state index contributed by atoms with van der Waals surface area (Å²) in [5.41, 5.74) is 3.17. The summed E-state index contributed by atoms with van der Waals surface area (Å²) < 4.78 is 5.04. The number of nitrogens with zero attached hydrogens (tertiary/aromatic N) is 1. The maximum absolute atomic E-state index is 13.0. The molecule has 2 atom stereocenters. The fourth-order valence-corrected chi connectivity index (χ4v) is 3.57. The van der Waals surface area contributed by atoms with E-state index >= 15 is 0 Å². The minimum Gasteiger partial charge on any atom is -0.447 e. The third-order valence-corrected chi connectivity index (χ3v) is 5.10. The molecular weight excluding hydrogens is 354 g/mol. The summed E-state index contributed by atoms with van der Waals surface area (Å²) in [6.07, 6.45) is 0.549. The van der Waals surface area contributed by atoms with Crippen molar-refractivity contribution < 1.29 is 19.1 Å². The first-order chi connectivity index (χ1) is 13.5. The fourth-order valence-electron chi connectivity index (χ4n) is 3.57. The Balaban J connectivity index is 1.78. The maximum Gasteiger partial charge on any atom is 0.416 e. The molecule has 0 aliphatic carbocycles. The van der Waals surface area contributed by atoms with Crippen molar-refractivity contribution in [3.8, 4) is 11.1 Å². The molecule has 0 aromatic heterocycles. The second-order valence-corrected chi connectivity index (χ2v) is 7.22. The van der Waals surface area contributed by atoms with Gasteiger partial charge in [-0.3, -0.25) is 4.79 Å². The number of rotatable bonds is 7. The van der Waals surface area contributed by atoms with Crippen LogP contribution in [0.15, 0.2) is 54.6 Å². The van der Waals surface area contributed by atoms with Crippen molar-refractivity contribution in [2.75, 3.05) is 6.61 Å². The summed E-state index contributed by atoms with van der Waals surface area (Å²) in [4.78, 5) is 38.0. The third kappa shape index (κ3) is 4.47. The van der Waals surface area contributed by atoms with E-state index in [9.17, 15) is 14.4 Å². The molecule has 2 aromatic carbocycles. The fraction of sp³-hybridized carbons (Fsp3) is 0.348. The number of cyclic esters (lactones) is 1. The molecule has 0 unspecified atom stereocenters. The van der Waals surface area contributed by atoms with Crippen molar-refractivity contribution in [1.82, 2.24) is 4.90 Å². The van der Waals surface area contributed by atoms with Gasteiger partial charge in [-0.05, 0) is 36.5 Å². The van der Waals surface area contributed by atoms with Crippen molar-refractivity contribution in [3.63, 3.8) is 0 Å². The highest BCUT2D eigenvalue weighted by atomic mass is 16.6. The smallest absolute Gasteiger partial charge is 0.416 e. The molecule has 1 fully saturated rings. The van der Waals surface area contributed by atoms with Gasteiger partial charge in [0.1, 0.15) is 12.4 Å². The van der Waals surface area contributed by atoms with Gasteiger partial charge in [0.15, 0.2) is 0 Å². The Labute approximate surface area is 165 Å². The van der Waals surface area contributed by atoms with Gasteiger partial charge in [-0.25, -0.2) is 9.69 Å². The van der Waals surface area contributed by atoms with Crippen LogP contribution < -0.4 is 0 Å². The van der Waals surface area contributed by atoms with E-state index in [0.29, 0.717) is 12.8 Å². The van der Waals surface area contributed by atoms with Gasteiger partial charge in [0.05, 0.1) is 6.04 Å². The Morgan fingerprint density at radius 1 is 1.07 bits per heavy atom. The zero-order chi connectivity index (χ0) is 20.1. The molecule has 1 saturated heterocycles. The Kier molecular flexibility index (Phi) is 6.24. The third-order valence-electron chi connectivity index (χ3n) is 5.10.